The summed E-state index contributed by atoms with van der Waals surface area (Å²) in [4.78, 5) is 12.9. The standard InChI is InChI=1S/C15H13ClN4/c1-10-19-14-9-17-7-6-13(14)15(20-10)18-8-11-2-4-12(16)5-3-11/h2-7,9H,8H2,1H3,(H,18,19,20). The minimum atomic E-state index is 0.686. The largest absolute Gasteiger partial charge is 0.365 e. The molecule has 3 aromatic rings. The molecule has 100 valence electrons. The predicted octanol–water partition coefficient (Wildman–Crippen LogP) is 3.60. The molecule has 1 N–H and O–H groups in total. The molecule has 5 heteroatoms. The molecule has 0 aliphatic rings. The molecule has 0 saturated heterocycles. The zero-order chi connectivity index (χ0) is 13.9. The van der Waals surface area contributed by atoms with Crippen LogP contribution in [0.2, 0.25) is 5.02 Å². The van der Waals surface area contributed by atoms with Crippen molar-refractivity contribution in [2.75, 3.05) is 5.32 Å². The first-order valence-corrected chi connectivity index (χ1v) is 6.67. The zero-order valence-electron chi connectivity index (χ0n) is 11.0. The number of hydrogen-bond donors (Lipinski definition) is 1. The van der Waals surface area contributed by atoms with Gasteiger partial charge in [0.15, 0.2) is 0 Å². The Morgan fingerprint density at radius 1 is 1.10 bits per heavy atom. The smallest absolute Gasteiger partial charge is 0.138 e. The Kier molecular flexibility index (Phi) is 3.48. The van der Waals surface area contributed by atoms with E-state index in [1.807, 2.05) is 37.3 Å². The van der Waals surface area contributed by atoms with Crippen LogP contribution >= 0.6 is 11.6 Å². The van der Waals surface area contributed by atoms with Gasteiger partial charge < -0.3 is 5.32 Å². The number of aromatic nitrogens is 3. The molecule has 0 saturated carbocycles. The average molecular weight is 285 g/mol. The van der Waals surface area contributed by atoms with E-state index in [1.165, 1.54) is 0 Å². The van der Waals surface area contributed by atoms with Crippen LogP contribution in [0.15, 0.2) is 42.7 Å². The number of pyridine rings is 1. The van der Waals surface area contributed by atoms with E-state index >= 15 is 0 Å². The van der Waals surface area contributed by atoms with Crippen molar-refractivity contribution in [1.29, 1.82) is 0 Å². The molecule has 0 radical (unpaired) electrons. The van der Waals surface area contributed by atoms with Gasteiger partial charge in [-0.15, -0.1) is 0 Å². The van der Waals surface area contributed by atoms with Crippen molar-refractivity contribution >= 4 is 28.3 Å². The van der Waals surface area contributed by atoms with E-state index in [1.54, 1.807) is 12.4 Å². The molecule has 0 atom stereocenters. The number of rotatable bonds is 3. The van der Waals surface area contributed by atoms with Crippen molar-refractivity contribution in [3.63, 3.8) is 0 Å². The third-order valence-corrected chi connectivity index (χ3v) is 3.24. The van der Waals surface area contributed by atoms with E-state index < -0.39 is 0 Å². The summed E-state index contributed by atoms with van der Waals surface area (Å²) in [6, 6.07) is 9.66. The van der Waals surface area contributed by atoms with Crippen LogP contribution in [0.3, 0.4) is 0 Å². The third kappa shape index (κ3) is 2.70. The second-order valence-electron chi connectivity index (χ2n) is 4.49. The van der Waals surface area contributed by atoms with Gasteiger partial charge in [-0.3, -0.25) is 4.98 Å². The number of benzene rings is 1. The summed E-state index contributed by atoms with van der Waals surface area (Å²) in [5.41, 5.74) is 1.99. The Morgan fingerprint density at radius 3 is 2.70 bits per heavy atom. The van der Waals surface area contributed by atoms with Gasteiger partial charge in [0.1, 0.15) is 11.6 Å². The summed E-state index contributed by atoms with van der Waals surface area (Å²) in [5.74, 6) is 1.55. The van der Waals surface area contributed by atoms with Crippen molar-refractivity contribution in [1.82, 2.24) is 15.0 Å². The minimum absolute atomic E-state index is 0.686. The Labute approximate surface area is 121 Å². The van der Waals surface area contributed by atoms with Crippen LogP contribution in [0.5, 0.6) is 0 Å². The molecule has 20 heavy (non-hydrogen) atoms. The highest BCUT2D eigenvalue weighted by molar-refractivity contribution is 6.30. The van der Waals surface area contributed by atoms with E-state index in [0.717, 1.165) is 33.1 Å². The van der Waals surface area contributed by atoms with Gasteiger partial charge in [0.2, 0.25) is 0 Å². The molecule has 4 nitrogen and oxygen atoms in total. The highest BCUT2D eigenvalue weighted by Gasteiger charge is 2.05. The van der Waals surface area contributed by atoms with Gasteiger partial charge in [0.25, 0.3) is 0 Å². The van der Waals surface area contributed by atoms with Gasteiger partial charge in [-0.2, -0.15) is 0 Å². The lowest BCUT2D eigenvalue weighted by Crippen LogP contribution is -2.04. The van der Waals surface area contributed by atoms with Gasteiger partial charge >= 0.3 is 0 Å². The number of nitrogens with one attached hydrogen (secondary N) is 1. The maximum absolute atomic E-state index is 5.88. The fraction of sp³-hybridized carbons (Fsp3) is 0.133. The fourth-order valence-corrected chi connectivity index (χ4v) is 2.15. The van der Waals surface area contributed by atoms with Crippen LogP contribution in [-0.2, 0) is 6.54 Å². The number of hydrogen-bond acceptors (Lipinski definition) is 4. The summed E-state index contributed by atoms with van der Waals surface area (Å²) in [6.07, 6.45) is 3.49. The Bertz CT molecular complexity index is 740. The minimum Gasteiger partial charge on any atom is -0.365 e. The van der Waals surface area contributed by atoms with E-state index in [-0.39, 0.29) is 0 Å². The van der Waals surface area contributed by atoms with Crippen LogP contribution in [0.25, 0.3) is 10.9 Å². The first-order valence-electron chi connectivity index (χ1n) is 6.29. The van der Waals surface area contributed by atoms with Crippen LogP contribution in [0.4, 0.5) is 5.82 Å². The molecule has 0 bridgehead atoms. The van der Waals surface area contributed by atoms with Gasteiger partial charge in [0, 0.05) is 23.2 Å². The lowest BCUT2D eigenvalue weighted by Gasteiger charge is -2.09. The summed E-state index contributed by atoms with van der Waals surface area (Å²) in [5, 5.41) is 5.05. The summed E-state index contributed by atoms with van der Waals surface area (Å²) in [7, 11) is 0. The normalized spacial score (nSPS) is 10.7. The first-order chi connectivity index (χ1) is 9.72. The third-order valence-electron chi connectivity index (χ3n) is 2.98. The van der Waals surface area contributed by atoms with Crippen LogP contribution in [-0.4, -0.2) is 15.0 Å². The molecule has 0 fully saturated rings. The van der Waals surface area contributed by atoms with Gasteiger partial charge in [-0.25, -0.2) is 9.97 Å². The van der Waals surface area contributed by atoms with E-state index in [2.05, 4.69) is 20.3 Å². The van der Waals surface area contributed by atoms with Crippen LogP contribution in [0.1, 0.15) is 11.4 Å². The maximum Gasteiger partial charge on any atom is 0.138 e. The van der Waals surface area contributed by atoms with E-state index in [0.29, 0.717) is 6.54 Å². The Hall–Kier alpha value is -2.20. The molecular formula is C15H13ClN4. The highest BCUT2D eigenvalue weighted by Crippen LogP contribution is 2.20. The van der Waals surface area contributed by atoms with E-state index in [4.69, 9.17) is 11.6 Å². The summed E-state index contributed by atoms with van der Waals surface area (Å²) >= 11 is 5.88. The topological polar surface area (TPSA) is 50.7 Å². The molecule has 0 aliphatic carbocycles. The second kappa shape index (κ2) is 5.43. The monoisotopic (exact) mass is 284 g/mol. The van der Waals surface area contributed by atoms with Gasteiger partial charge in [-0.1, -0.05) is 23.7 Å². The van der Waals surface area contributed by atoms with Crippen molar-refractivity contribution in [2.24, 2.45) is 0 Å². The van der Waals surface area contributed by atoms with Crippen LogP contribution in [0, 0.1) is 6.92 Å². The molecular weight excluding hydrogens is 272 g/mol. The molecule has 0 aliphatic heterocycles. The zero-order valence-corrected chi connectivity index (χ0v) is 11.7. The molecule has 2 heterocycles. The molecule has 0 amide bonds. The molecule has 2 aromatic heterocycles. The molecule has 0 spiro atoms. The Balaban J connectivity index is 1.88. The SMILES string of the molecule is Cc1nc(NCc2ccc(Cl)cc2)c2ccncc2n1. The number of anilines is 1. The fourth-order valence-electron chi connectivity index (χ4n) is 2.02. The summed E-state index contributed by atoms with van der Waals surface area (Å²) in [6.45, 7) is 2.56. The average Bonchev–Trinajstić information content (AvgIpc) is 2.46. The summed E-state index contributed by atoms with van der Waals surface area (Å²) < 4.78 is 0. The van der Waals surface area contributed by atoms with Gasteiger partial charge in [-0.05, 0) is 30.7 Å². The molecule has 1 aromatic carbocycles. The lowest BCUT2D eigenvalue weighted by molar-refractivity contribution is 1.05. The quantitative estimate of drug-likeness (QED) is 0.798. The van der Waals surface area contributed by atoms with Crippen molar-refractivity contribution in [3.8, 4) is 0 Å². The number of aryl methyl sites for hydroxylation is 1. The highest BCUT2D eigenvalue weighted by atomic mass is 35.5. The number of halogens is 1. The van der Waals surface area contributed by atoms with E-state index in [9.17, 15) is 0 Å². The maximum atomic E-state index is 5.88. The predicted molar refractivity (Wildman–Crippen MR) is 80.8 cm³/mol. The molecule has 0 unspecified atom stereocenters. The van der Waals surface area contributed by atoms with Crippen molar-refractivity contribution in [3.05, 3.63) is 59.1 Å². The number of nitrogens with zero attached hydrogens (tertiary/aromatic N) is 3. The van der Waals surface area contributed by atoms with Crippen LogP contribution < -0.4 is 5.32 Å². The number of fused-ring (bicyclic) bond motifs is 1. The first kappa shape index (κ1) is 12.8. The Morgan fingerprint density at radius 2 is 1.90 bits per heavy atom. The lowest BCUT2D eigenvalue weighted by atomic mass is 10.2. The van der Waals surface area contributed by atoms with Gasteiger partial charge in [0.05, 0.1) is 11.7 Å². The molecule has 3 rings (SSSR count). The second-order valence-corrected chi connectivity index (χ2v) is 4.93. The van der Waals surface area contributed by atoms with Crippen molar-refractivity contribution in [2.45, 2.75) is 13.5 Å². The van der Waals surface area contributed by atoms with Crippen molar-refractivity contribution < 1.29 is 0 Å².